The first-order valence-corrected chi connectivity index (χ1v) is 14.8. The maximum absolute atomic E-state index is 6.93. The van der Waals surface area contributed by atoms with E-state index >= 15 is 0 Å². The van der Waals surface area contributed by atoms with E-state index in [0.717, 1.165) is 66.4 Å². The average molecular weight is 567 g/mol. The van der Waals surface area contributed by atoms with Crippen molar-refractivity contribution < 1.29 is 9.78 Å². The lowest BCUT2D eigenvalue weighted by Crippen LogP contribution is -2.54. The molecule has 2 aliphatic heterocycles. The van der Waals surface area contributed by atoms with Crippen LogP contribution in [0.2, 0.25) is 0 Å². The monoisotopic (exact) mass is 566 g/mol. The molecule has 3 aliphatic rings. The molecule has 0 unspecified atom stereocenters. The SMILES string of the molecule is c1ccc(-c2c3c(c(-c4ccncc4)c4ccccc24)[C@]2(c4ccccc4)OO[C@@]3(c3ccncc3)c3ccccc32)cc1. The van der Waals surface area contributed by atoms with E-state index in [2.05, 4.69) is 125 Å². The Labute approximate surface area is 255 Å². The van der Waals surface area contributed by atoms with Crippen LogP contribution in [0.25, 0.3) is 33.0 Å². The molecule has 7 aromatic rings. The van der Waals surface area contributed by atoms with Crippen LogP contribution in [-0.2, 0) is 21.0 Å². The van der Waals surface area contributed by atoms with Gasteiger partial charge >= 0.3 is 0 Å². The summed E-state index contributed by atoms with van der Waals surface area (Å²) < 4.78 is 0. The predicted molar refractivity (Wildman–Crippen MR) is 172 cm³/mol. The second kappa shape index (κ2) is 9.55. The molecule has 5 aromatic carbocycles. The minimum absolute atomic E-state index is 0.954. The molecule has 1 aliphatic carbocycles. The van der Waals surface area contributed by atoms with Crippen molar-refractivity contribution in [3.63, 3.8) is 0 Å². The molecule has 4 nitrogen and oxygen atoms in total. The van der Waals surface area contributed by atoms with Gasteiger partial charge in [-0.3, -0.25) is 9.97 Å². The van der Waals surface area contributed by atoms with Crippen molar-refractivity contribution in [3.05, 3.63) is 192 Å². The zero-order chi connectivity index (χ0) is 29.1. The van der Waals surface area contributed by atoms with Gasteiger partial charge in [-0.2, -0.15) is 0 Å². The van der Waals surface area contributed by atoms with E-state index in [9.17, 15) is 0 Å². The zero-order valence-electron chi connectivity index (χ0n) is 23.7. The number of nitrogens with zero attached hydrogens (tertiary/aromatic N) is 2. The summed E-state index contributed by atoms with van der Waals surface area (Å²) in [5, 5.41) is 2.29. The lowest BCUT2D eigenvalue weighted by Gasteiger charge is -2.55. The highest BCUT2D eigenvalue weighted by Crippen LogP contribution is 2.65. The van der Waals surface area contributed by atoms with Crippen LogP contribution < -0.4 is 0 Å². The van der Waals surface area contributed by atoms with Gasteiger partial charge in [0.15, 0.2) is 11.2 Å². The fraction of sp³-hybridized carbons (Fsp3) is 0.0500. The van der Waals surface area contributed by atoms with Gasteiger partial charge in [-0.1, -0.05) is 109 Å². The summed E-state index contributed by atoms with van der Waals surface area (Å²) in [6.07, 6.45) is 7.39. The van der Waals surface area contributed by atoms with Crippen LogP contribution >= 0.6 is 0 Å². The quantitative estimate of drug-likeness (QED) is 0.200. The van der Waals surface area contributed by atoms with E-state index in [1.807, 2.05) is 43.0 Å². The largest absolute Gasteiger partial charge is 0.265 e. The molecule has 10 rings (SSSR count). The van der Waals surface area contributed by atoms with Gasteiger partial charge in [0.2, 0.25) is 0 Å². The molecule has 0 radical (unpaired) electrons. The first-order valence-electron chi connectivity index (χ1n) is 14.8. The normalized spacial score (nSPS) is 19.8. The van der Waals surface area contributed by atoms with Crippen molar-refractivity contribution >= 4 is 10.8 Å². The summed E-state index contributed by atoms with van der Waals surface area (Å²) in [4.78, 5) is 22.6. The van der Waals surface area contributed by atoms with Gasteiger partial charge in [0.25, 0.3) is 0 Å². The topological polar surface area (TPSA) is 44.2 Å². The molecule has 4 heteroatoms. The lowest BCUT2D eigenvalue weighted by atomic mass is 9.59. The van der Waals surface area contributed by atoms with Crippen molar-refractivity contribution in [1.82, 2.24) is 9.97 Å². The minimum atomic E-state index is -1.07. The number of fused-ring (bicyclic) bond motifs is 2. The number of hydrogen-bond donors (Lipinski definition) is 0. The van der Waals surface area contributed by atoms with Gasteiger partial charge in [-0.15, -0.1) is 0 Å². The fourth-order valence-electron chi connectivity index (χ4n) is 7.49. The highest BCUT2D eigenvalue weighted by Gasteiger charge is 2.62. The first-order chi connectivity index (χ1) is 21.8. The predicted octanol–water partition coefficient (Wildman–Crippen LogP) is 8.82. The molecular formula is C40H26N2O2. The van der Waals surface area contributed by atoms with Crippen LogP contribution in [0.4, 0.5) is 0 Å². The number of aromatic nitrogens is 2. The van der Waals surface area contributed by atoms with E-state index in [1.54, 1.807) is 0 Å². The van der Waals surface area contributed by atoms with Gasteiger partial charge < -0.3 is 0 Å². The van der Waals surface area contributed by atoms with Crippen LogP contribution in [0.1, 0.15) is 33.4 Å². The highest BCUT2D eigenvalue weighted by atomic mass is 17.2. The van der Waals surface area contributed by atoms with E-state index < -0.39 is 11.2 Å². The van der Waals surface area contributed by atoms with Crippen LogP contribution in [0.3, 0.4) is 0 Å². The summed E-state index contributed by atoms with van der Waals surface area (Å²) in [5.74, 6) is 0. The molecule has 0 amide bonds. The Balaban J connectivity index is 1.61. The van der Waals surface area contributed by atoms with E-state index in [1.165, 1.54) is 0 Å². The van der Waals surface area contributed by atoms with Gasteiger partial charge in [0.05, 0.1) is 0 Å². The molecule has 2 atom stereocenters. The second-order valence-corrected chi connectivity index (χ2v) is 11.3. The lowest BCUT2D eigenvalue weighted by molar-refractivity contribution is -0.409. The molecule has 2 aromatic heterocycles. The van der Waals surface area contributed by atoms with E-state index in [4.69, 9.17) is 9.78 Å². The Kier molecular flexibility index (Phi) is 5.45. The number of pyridine rings is 2. The first kappa shape index (κ1) is 25.1. The Bertz CT molecular complexity index is 2010. The van der Waals surface area contributed by atoms with Crippen LogP contribution in [0.5, 0.6) is 0 Å². The van der Waals surface area contributed by atoms with Crippen molar-refractivity contribution in [2.45, 2.75) is 11.2 Å². The third kappa shape index (κ3) is 3.24. The summed E-state index contributed by atoms with van der Waals surface area (Å²) >= 11 is 0. The molecule has 0 fully saturated rings. The molecular weight excluding hydrogens is 540 g/mol. The molecule has 0 saturated carbocycles. The van der Waals surface area contributed by atoms with E-state index in [0.29, 0.717) is 0 Å². The third-order valence-electron chi connectivity index (χ3n) is 9.20. The molecule has 0 spiro atoms. The number of benzene rings is 5. The number of hydrogen-bond acceptors (Lipinski definition) is 4. The minimum Gasteiger partial charge on any atom is -0.265 e. The van der Waals surface area contributed by atoms with Gasteiger partial charge in [-0.25, -0.2) is 9.78 Å². The summed E-state index contributed by atoms with van der Waals surface area (Å²) in [5.41, 5.74) is 8.54. The van der Waals surface area contributed by atoms with Crippen molar-refractivity contribution in [2.75, 3.05) is 0 Å². The Morgan fingerprint density at radius 2 is 0.795 bits per heavy atom. The highest BCUT2D eigenvalue weighted by molar-refractivity contribution is 6.10. The fourth-order valence-corrected chi connectivity index (χ4v) is 7.49. The van der Waals surface area contributed by atoms with Crippen LogP contribution in [-0.4, -0.2) is 9.97 Å². The molecule has 0 saturated heterocycles. The second-order valence-electron chi connectivity index (χ2n) is 11.3. The standard InChI is InChI=1S/C40H26N2O2/c1-3-11-27(12-4-1)35-31-15-7-8-16-32(31)36(28-19-23-41-24-20-28)38-37(35)40(30-21-25-42-26-22-30)34-18-10-9-17-33(34)39(38,43-44-40)29-13-5-2-6-14-29/h1-26H/t39-,40+/m1/s1. The van der Waals surface area contributed by atoms with Crippen molar-refractivity contribution in [2.24, 2.45) is 0 Å². The van der Waals surface area contributed by atoms with E-state index in [-0.39, 0.29) is 0 Å². The molecule has 4 heterocycles. The Morgan fingerprint density at radius 1 is 0.386 bits per heavy atom. The average Bonchev–Trinajstić information content (AvgIpc) is 3.12. The maximum atomic E-state index is 6.93. The van der Waals surface area contributed by atoms with Crippen molar-refractivity contribution in [3.8, 4) is 22.3 Å². The molecule has 44 heavy (non-hydrogen) atoms. The number of rotatable bonds is 4. The summed E-state index contributed by atoms with van der Waals surface area (Å²) in [6, 6.07) is 46.7. The Morgan fingerprint density at radius 3 is 1.34 bits per heavy atom. The zero-order valence-corrected chi connectivity index (χ0v) is 23.7. The van der Waals surface area contributed by atoms with Crippen LogP contribution in [0.15, 0.2) is 158 Å². The van der Waals surface area contributed by atoms with Crippen molar-refractivity contribution in [1.29, 1.82) is 0 Å². The summed E-state index contributed by atoms with van der Waals surface area (Å²) in [7, 11) is 0. The van der Waals surface area contributed by atoms with Gasteiger partial charge in [-0.05, 0) is 68.4 Å². The van der Waals surface area contributed by atoms with Gasteiger partial charge in [0.1, 0.15) is 0 Å². The summed E-state index contributed by atoms with van der Waals surface area (Å²) in [6.45, 7) is 0. The molecule has 0 N–H and O–H groups in total. The smallest absolute Gasteiger partial charge is 0.180 e. The molecule has 2 bridgehead atoms. The maximum Gasteiger partial charge on any atom is 0.180 e. The van der Waals surface area contributed by atoms with Crippen LogP contribution in [0, 0.1) is 0 Å². The van der Waals surface area contributed by atoms with Gasteiger partial charge in [0, 0.05) is 47.0 Å². The Hall–Kier alpha value is -5.42. The third-order valence-corrected chi connectivity index (χ3v) is 9.20. The molecule has 208 valence electrons.